The molecule has 9 heteroatoms. The Balaban J connectivity index is 1.79. The third kappa shape index (κ3) is 7.88. The van der Waals surface area contributed by atoms with Crippen molar-refractivity contribution in [3.05, 3.63) is 30.1 Å². The summed E-state index contributed by atoms with van der Waals surface area (Å²) >= 11 is 0. The van der Waals surface area contributed by atoms with Crippen LogP contribution in [-0.4, -0.2) is 54.2 Å². The summed E-state index contributed by atoms with van der Waals surface area (Å²) in [4.78, 5) is 38.3. The number of hydrogen-bond acceptors (Lipinski definition) is 4. The molecule has 1 saturated heterocycles. The monoisotopic (exact) mass is 422 g/mol. The first-order chi connectivity index (χ1) is 14.0. The number of nitrogens with one attached hydrogen (secondary N) is 3. The number of ether oxygens (including phenoxy) is 1. The summed E-state index contributed by atoms with van der Waals surface area (Å²) in [5.41, 5.74) is -0.268. The lowest BCUT2D eigenvalue weighted by molar-refractivity contribution is -0.134. The van der Waals surface area contributed by atoms with Gasteiger partial charge in [-0.05, 0) is 64.7 Å². The number of halogens is 1. The number of carbonyl (C=O) groups excluding carboxylic acids is 3. The van der Waals surface area contributed by atoms with Crippen LogP contribution in [0.25, 0.3) is 0 Å². The molecule has 0 saturated carbocycles. The second-order valence-corrected chi connectivity index (χ2v) is 8.51. The van der Waals surface area contributed by atoms with Crippen molar-refractivity contribution < 1.29 is 23.5 Å². The Labute approximate surface area is 176 Å². The minimum absolute atomic E-state index is 0.0923. The average Bonchev–Trinajstić information content (AvgIpc) is 2.64. The van der Waals surface area contributed by atoms with Gasteiger partial charge in [0.15, 0.2) is 0 Å². The van der Waals surface area contributed by atoms with Crippen LogP contribution in [0.1, 0.15) is 40.5 Å². The van der Waals surface area contributed by atoms with E-state index in [1.54, 1.807) is 38.7 Å². The zero-order valence-corrected chi connectivity index (χ0v) is 18.0. The van der Waals surface area contributed by atoms with Crippen LogP contribution in [0, 0.1) is 11.7 Å². The van der Waals surface area contributed by atoms with Gasteiger partial charge in [-0.2, -0.15) is 0 Å². The highest BCUT2D eigenvalue weighted by atomic mass is 19.1. The van der Waals surface area contributed by atoms with Gasteiger partial charge in [-0.25, -0.2) is 14.0 Å². The van der Waals surface area contributed by atoms with Gasteiger partial charge in [0.1, 0.15) is 17.5 Å². The summed E-state index contributed by atoms with van der Waals surface area (Å²) < 4.78 is 18.4. The molecule has 0 radical (unpaired) electrons. The first kappa shape index (κ1) is 23.4. The summed E-state index contributed by atoms with van der Waals surface area (Å²) in [6, 6.07) is 4.52. The Bertz CT molecular complexity index is 766. The molecular formula is C21H31FN4O4. The minimum atomic E-state index is -0.706. The first-order valence-electron chi connectivity index (χ1n) is 10.1. The van der Waals surface area contributed by atoms with Crippen molar-refractivity contribution in [2.45, 2.75) is 52.2 Å². The zero-order chi connectivity index (χ0) is 22.3. The maximum atomic E-state index is 13.2. The van der Waals surface area contributed by atoms with Crippen molar-refractivity contribution in [1.82, 2.24) is 15.5 Å². The fourth-order valence-electron chi connectivity index (χ4n) is 3.23. The second-order valence-electron chi connectivity index (χ2n) is 8.51. The van der Waals surface area contributed by atoms with Gasteiger partial charge in [0.25, 0.3) is 0 Å². The van der Waals surface area contributed by atoms with E-state index < -0.39 is 29.6 Å². The van der Waals surface area contributed by atoms with Gasteiger partial charge in [0, 0.05) is 25.3 Å². The van der Waals surface area contributed by atoms with Gasteiger partial charge in [0.2, 0.25) is 5.91 Å². The van der Waals surface area contributed by atoms with E-state index in [1.165, 1.54) is 18.2 Å². The molecular weight excluding hydrogens is 391 g/mol. The van der Waals surface area contributed by atoms with E-state index in [0.29, 0.717) is 25.3 Å². The fraction of sp³-hybridized carbons (Fsp3) is 0.571. The highest BCUT2D eigenvalue weighted by Crippen LogP contribution is 2.17. The maximum Gasteiger partial charge on any atom is 0.408 e. The van der Waals surface area contributed by atoms with E-state index in [9.17, 15) is 18.8 Å². The van der Waals surface area contributed by atoms with E-state index in [4.69, 9.17) is 4.74 Å². The Morgan fingerprint density at radius 2 is 2.03 bits per heavy atom. The Morgan fingerprint density at radius 3 is 2.70 bits per heavy atom. The normalized spacial score (nSPS) is 17.6. The number of piperidine rings is 1. The lowest BCUT2D eigenvalue weighted by Gasteiger charge is -2.34. The van der Waals surface area contributed by atoms with Gasteiger partial charge in [-0.1, -0.05) is 6.07 Å². The third-order valence-corrected chi connectivity index (χ3v) is 4.57. The first-order valence-corrected chi connectivity index (χ1v) is 10.1. The number of nitrogens with zero attached hydrogens (tertiary/aromatic N) is 1. The molecule has 0 bridgehead atoms. The van der Waals surface area contributed by atoms with E-state index in [1.807, 2.05) is 0 Å². The van der Waals surface area contributed by atoms with Gasteiger partial charge in [-0.3, -0.25) is 4.79 Å². The number of urea groups is 1. The van der Waals surface area contributed by atoms with Crippen LogP contribution in [-0.2, 0) is 9.53 Å². The van der Waals surface area contributed by atoms with Crippen LogP contribution >= 0.6 is 0 Å². The maximum absolute atomic E-state index is 13.2. The van der Waals surface area contributed by atoms with E-state index in [2.05, 4.69) is 16.0 Å². The molecule has 1 aromatic rings. The molecule has 2 atom stereocenters. The van der Waals surface area contributed by atoms with Crippen molar-refractivity contribution in [1.29, 1.82) is 0 Å². The van der Waals surface area contributed by atoms with Gasteiger partial charge >= 0.3 is 12.1 Å². The van der Waals surface area contributed by atoms with Crippen molar-refractivity contribution in [2.24, 2.45) is 5.92 Å². The molecule has 1 aliphatic heterocycles. The summed E-state index contributed by atoms with van der Waals surface area (Å²) in [6.45, 7) is 8.37. The molecule has 4 amide bonds. The van der Waals surface area contributed by atoms with Crippen LogP contribution in [0.3, 0.4) is 0 Å². The molecule has 0 aliphatic carbocycles. The summed E-state index contributed by atoms with van der Waals surface area (Å²) in [7, 11) is 0. The molecule has 2 rings (SSSR count). The number of benzene rings is 1. The highest BCUT2D eigenvalue weighted by Gasteiger charge is 2.29. The van der Waals surface area contributed by atoms with Crippen LogP contribution in [0.5, 0.6) is 0 Å². The van der Waals surface area contributed by atoms with Gasteiger partial charge in [-0.15, -0.1) is 0 Å². The molecule has 0 spiro atoms. The molecule has 166 valence electrons. The molecule has 1 aromatic carbocycles. The molecule has 1 fully saturated rings. The number of amides is 4. The predicted molar refractivity (Wildman–Crippen MR) is 112 cm³/mol. The molecule has 8 nitrogen and oxygen atoms in total. The minimum Gasteiger partial charge on any atom is -0.444 e. The van der Waals surface area contributed by atoms with Crippen LogP contribution in [0.15, 0.2) is 24.3 Å². The molecule has 0 aromatic heterocycles. The van der Waals surface area contributed by atoms with Crippen molar-refractivity contribution >= 4 is 23.7 Å². The average molecular weight is 423 g/mol. The second kappa shape index (κ2) is 10.3. The highest BCUT2D eigenvalue weighted by molar-refractivity contribution is 5.89. The molecule has 1 aliphatic rings. The van der Waals surface area contributed by atoms with E-state index in [-0.39, 0.29) is 11.8 Å². The van der Waals surface area contributed by atoms with Crippen LogP contribution in [0.2, 0.25) is 0 Å². The molecule has 30 heavy (non-hydrogen) atoms. The molecule has 3 N–H and O–H groups in total. The number of carbonyl (C=O) groups is 3. The zero-order valence-electron chi connectivity index (χ0n) is 18.0. The fourth-order valence-corrected chi connectivity index (χ4v) is 3.23. The lowest BCUT2D eigenvalue weighted by Crippen LogP contribution is -2.52. The Kier molecular flexibility index (Phi) is 8.02. The number of likely N-dealkylation sites (tertiary alicyclic amines) is 1. The van der Waals surface area contributed by atoms with E-state index in [0.717, 1.165) is 12.8 Å². The summed E-state index contributed by atoms with van der Waals surface area (Å²) in [5, 5.41) is 7.92. The molecule has 1 heterocycles. The number of alkyl carbamates (subject to hydrolysis) is 1. The summed E-state index contributed by atoms with van der Waals surface area (Å²) in [5.74, 6) is -0.521. The Morgan fingerprint density at radius 1 is 1.30 bits per heavy atom. The quantitative estimate of drug-likeness (QED) is 0.679. The topological polar surface area (TPSA) is 99.8 Å². The molecule has 2 unspecified atom stereocenters. The van der Waals surface area contributed by atoms with Gasteiger partial charge in [0.05, 0.1) is 0 Å². The van der Waals surface area contributed by atoms with Crippen LogP contribution in [0.4, 0.5) is 19.7 Å². The largest absolute Gasteiger partial charge is 0.444 e. The lowest BCUT2D eigenvalue weighted by atomic mass is 9.97. The summed E-state index contributed by atoms with van der Waals surface area (Å²) in [6.07, 6.45) is 1.05. The number of hydrogen-bond donors (Lipinski definition) is 3. The number of anilines is 1. The van der Waals surface area contributed by atoms with Crippen molar-refractivity contribution in [3.8, 4) is 0 Å². The van der Waals surface area contributed by atoms with E-state index >= 15 is 0 Å². The smallest absolute Gasteiger partial charge is 0.408 e. The third-order valence-electron chi connectivity index (χ3n) is 4.57. The van der Waals surface area contributed by atoms with Crippen LogP contribution < -0.4 is 16.0 Å². The van der Waals surface area contributed by atoms with Crippen molar-refractivity contribution in [3.63, 3.8) is 0 Å². The van der Waals surface area contributed by atoms with Crippen molar-refractivity contribution in [2.75, 3.05) is 25.0 Å². The standard InChI is InChI=1S/C21H31FN4O4/c1-14(24-20(29)30-21(2,3)4)18(27)26-10-6-7-15(13-26)12-23-19(28)25-17-9-5-8-16(22)11-17/h5,8-9,11,14-15H,6-7,10,12-13H2,1-4H3,(H,24,29)(H2,23,25,28). The van der Waals surface area contributed by atoms with Gasteiger partial charge < -0.3 is 25.6 Å². The predicted octanol–water partition coefficient (Wildman–Crippen LogP) is 3.10. The number of rotatable bonds is 5. The Hall–Kier alpha value is -2.84. The SMILES string of the molecule is CC(NC(=O)OC(C)(C)C)C(=O)N1CCCC(CNC(=O)Nc2cccc(F)c2)C1.